The maximum Gasteiger partial charge on any atom is 0.428 e. The number of aliphatic hydroxyl groups excluding tert-OH is 3. The van der Waals surface area contributed by atoms with Crippen LogP contribution in [0.3, 0.4) is 0 Å². The van der Waals surface area contributed by atoms with Gasteiger partial charge in [-0.3, -0.25) is 14.4 Å². The van der Waals surface area contributed by atoms with Crippen LogP contribution in [0.4, 0.5) is 10.5 Å². The van der Waals surface area contributed by atoms with Crippen LogP contribution in [0, 0.1) is 11.8 Å². The van der Waals surface area contributed by atoms with Crippen LogP contribution in [-0.4, -0.2) is 60.8 Å². The molecule has 3 aliphatic rings. The summed E-state index contributed by atoms with van der Waals surface area (Å²) in [6.45, 7) is 1.42. The standard InChI is InChI=1S/C35H33N3O11/c1-17-24-21(38(49-16-19-10-6-3-7-11-19)37-34(46)48-15-18-8-4-2-5-9-18)12-13-22(39)26(24)30(42)28-25(17)29(41)20-14-23(40)27(33(36)45)31(43)35(20,47)32(28)44/h2-13,17,20,25,29,39-41,44,47H,14-16H2,1H3,(H2,36,45)(H,37,46)/t17-,20+,25+,29+,35+/m0/s1. The van der Waals surface area contributed by atoms with Crippen LogP contribution < -0.4 is 16.3 Å². The van der Waals surface area contributed by atoms with Gasteiger partial charge in [0.2, 0.25) is 5.78 Å². The number of Topliss-reactive ketones (excluding diaryl/α,β-unsaturated/α-hetero) is 2. The number of aromatic hydroxyl groups is 1. The van der Waals surface area contributed by atoms with Crippen LogP contribution in [-0.2, 0) is 32.4 Å². The average molecular weight is 672 g/mol. The normalized spacial score (nSPS) is 24.5. The fourth-order valence-corrected chi connectivity index (χ4v) is 6.94. The molecule has 3 aliphatic carbocycles. The molecule has 0 saturated heterocycles. The molecule has 14 heteroatoms. The molecule has 3 aromatic rings. The average Bonchev–Trinajstić information content (AvgIpc) is 3.08. The zero-order valence-electron chi connectivity index (χ0n) is 26.1. The van der Waals surface area contributed by atoms with E-state index < -0.39 is 87.9 Å². The zero-order chi connectivity index (χ0) is 35.2. The number of fused-ring (bicyclic) bond motifs is 3. The molecule has 0 radical (unpaired) electrons. The van der Waals surface area contributed by atoms with Gasteiger partial charge in [-0.1, -0.05) is 67.6 Å². The third-order valence-corrected chi connectivity index (χ3v) is 9.28. The molecule has 6 rings (SSSR count). The molecule has 0 aromatic heterocycles. The Morgan fingerprint density at radius 1 is 0.959 bits per heavy atom. The molecule has 0 heterocycles. The van der Waals surface area contributed by atoms with Gasteiger partial charge < -0.3 is 36.0 Å². The first kappa shape index (κ1) is 33.2. The quantitative estimate of drug-likeness (QED) is 0.135. The fourth-order valence-electron chi connectivity index (χ4n) is 6.94. The second-order valence-corrected chi connectivity index (χ2v) is 12.1. The number of aliphatic hydroxyl groups is 4. The van der Waals surface area contributed by atoms with Crippen LogP contribution in [0.1, 0.15) is 46.3 Å². The van der Waals surface area contributed by atoms with Gasteiger partial charge in [0, 0.05) is 23.8 Å². The number of ether oxygens (including phenoxy) is 1. The smallest absolute Gasteiger partial charge is 0.428 e. The first-order valence-corrected chi connectivity index (χ1v) is 15.3. The molecule has 0 aliphatic heterocycles. The monoisotopic (exact) mass is 671 g/mol. The van der Waals surface area contributed by atoms with Gasteiger partial charge in [0.25, 0.3) is 5.91 Å². The van der Waals surface area contributed by atoms with Crippen LogP contribution >= 0.6 is 0 Å². The number of amides is 2. The van der Waals surface area contributed by atoms with Gasteiger partial charge in [-0.2, -0.15) is 5.17 Å². The fraction of sp³-hybridized carbons (Fsp3) is 0.257. The summed E-state index contributed by atoms with van der Waals surface area (Å²) in [4.78, 5) is 58.6. The number of nitrogens with one attached hydrogen (secondary N) is 1. The molecule has 3 aromatic carbocycles. The molecular formula is C35H33N3O11. The first-order valence-electron chi connectivity index (χ1n) is 15.3. The van der Waals surface area contributed by atoms with Crippen molar-refractivity contribution in [3.8, 4) is 5.75 Å². The number of anilines is 1. The predicted octanol–water partition coefficient (Wildman–Crippen LogP) is 2.89. The minimum Gasteiger partial charge on any atom is -0.511 e. The van der Waals surface area contributed by atoms with E-state index >= 15 is 0 Å². The number of benzene rings is 3. The summed E-state index contributed by atoms with van der Waals surface area (Å²) in [6, 6.07) is 20.4. The van der Waals surface area contributed by atoms with Crippen molar-refractivity contribution >= 4 is 29.3 Å². The molecule has 49 heavy (non-hydrogen) atoms. The molecule has 2 amide bonds. The van der Waals surface area contributed by atoms with Gasteiger partial charge >= 0.3 is 6.09 Å². The van der Waals surface area contributed by atoms with Crippen LogP contribution in [0.2, 0.25) is 0 Å². The van der Waals surface area contributed by atoms with E-state index in [1.54, 1.807) is 55.5 Å². The van der Waals surface area contributed by atoms with E-state index in [9.17, 15) is 44.7 Å². The Hall–Kier alpha value is -5.70. The predicted molar refractivity (Wildman–Crippen MR) is 170 cm³/mol. The van der Waals surface area contributed by atoms with Crippen molar-refractivity contribution in [1.29, 1.82) is 0 Å². The molecular weight excluding hydrogens is 638 g/mol. The van der Waals surface area contributed by atoms with Gasteiger partial charge in [0.1, 0.15) is 36.1 Å². The molecule has 0 fully saturated rings. The Morgan fingerprint density at radius 3 is 2.18 bits per heavy atom. The minimum absolute atomic E-state index is 0.0614. The minimum atomic E-state index is -2.98. The number of phenolic OH excluding ortho intramolecular Hbond substituents is 1. The first-order chi connectivity index (χ1) is 23.4. The number of primary amides is 1. The summed E-state index contributed by atoms with van der Waals surface area (Å²) in [6.07, 6.45) is -3.30. The van der Waals surface area contributed by atoms with Crippen LogP contribution in [0.5, 0.6) is 5.75 Å². The Labute approximate surface area is 279 Å². The van der Waals surface area contributed by atoms with Crippen molar-refractivity contribution in [1.82, 2.24) is 5.43 Å². The number of carbonyl (C=O) groups excluding carboxylic acids is 4. The maximum atomic E-state index is 14.2. The molecule has 254 valence electrons. The number of carbonyl (C=O) groups is 4. The summed E-state index contributed by atoms with van der Waals surface area (Å²) in [5.41, 5.74) is 4.49. The molecule has 0 saturated carbocycles. The summed E-state index contributed by atoms with van der Waals surface area (Å²) >= 11 is 0. The van der Waals surface area contributed by atoms with E-state index in [4.69, 9.17) is 15.3 Å². The molecule has 0 unspecified atom stereocenters. The Morgan fingerprint density at radius 2 is 1.57 bits per heavy atom. The second-order valence-electron chi connectivity index (χ2n) is 12.1. The van der Waals surface area contributed by atoms with Gasteiger partial charge in [0.15, 0.2) is 11.4 Å². The highest BCUT2D eigenvalue weighted by molar-refractivity contribution is 6.24. The third kappa shape index (κ3) is 5.55. The van der Waals surface area contributed by atoms with Crippen LogP contribution in [0.25, 0.3) is 0 Å². The number of hydrazine groups is 1. The summed E-state index contributed by atoms with van der Waals surface area (Å²) < 4.78 is 5.39. The SMILES string of the molecule is C[C@H]1c2c(N(NC(=O)OCc3ccccc3)OCc3ccccc3)ccc(O)c2C(=O)C2=C(O)[C@]3(O)C(=O)C(C(N)=O)=C(O)C[C@@H]3[C@@H](O)[C@@H]21. The van der Waals surface area contributed by atoms with Crippen molar-refractivity contribution in [2.45, 2.75) is 44.2 Å². The van der Waals surface area contributed by atoms with Crippen molar-refractivity contribution in [2.24, 2.45) is 17.6 Å². The largest absolute Gasteiger partial charge is 0.511 e. The van der Waals surface area contributed by atoms with Crippen molar-refractivity contribution in [3.63, 3.8) is 0 Å². The lowest BCUT2D eigenvalue weighted by Gasteiger charge is -2.50. The third-order valence-electron chi connectivity index (χ3n) is 9.28. The number of allylic oxidation sites excluding steroid dienone is 1. The molecule has 0 spiro atoms. The van der Waals surface area contributed by atoms with Crippen molar-refractivity contribution < 1.29 is 54.3 Å². The Bertz CT molecular complexity index is 1910. The Balaban J connectivity index is 1.42. The van der Waals surface area contributed by atoms with Gasteiger partial charge in [-0.05, 0) is 34.7 Å². The highest BCUT2D eigenvalue weighted by Crippen LogP contribution is 2.56. The van der Waals surface area contributed by atoms with E-state index in [1.165, 1.54) is 6.07 Å². The van der Waals surface area contributed by atoms with E-state index in [1.807, 2.05) is 12.1 Å². The van der Waals surface area contributed by atoms with E-state index in [0.29, 0.717) is 11.1 Å². The maximum absolute atomic E-state index is 14.2. The molecule has 14 nitrogen and oxygen atoms in total. The lowest BCUT2D eigenvalue weighted by atomic mass is 9.56. The molecule has 5 atom stereocenters. The van der Waals surface area contributed by atoms with E-state index in [0.717, 1.165) is 11.2 Å². The zero-order valence-corrected chi connectivity index (χ0v) is 26.1. The number of hydrogen-bond acceptors (Lipinski definition) is 12. The number of ketones is 2. The van der Waals surface area contributed by atoms with Gasteiger partial charge in [0.05, 0.1) is 17.4 Å². The number of rotatable bonds is 8. The van der Waals surface area contributed by atoms with Gasteiger partial charge in [-0.15, -0.1) is 0 Å². The topological polar surface area (TPSA) is 229 Å². The van der Waals surface area contributed by atoms with E-state index in [2.05, 4.69) is 5.43 Å². The summed E-state index contributed by atoms with van der Waals surface area (Å²) in [7, 11) is 0. The van der Waals surface area contributed by atoms with Crippen molar-refractivity contribution in [2.75, 3.05) is 5.17 Å². The molecule has 0 bridgehead atoms. The van der Waals surface area contributed by atoms with Crippen molar-refractivity contribution in [3.05, 3.63) is 118 Å². The molecule has 8 N–H and O–H groups in total. The number of phenols is 1. The second kappa shape index (κ2) is 12.7. The van der Waals surface area contributed by atoms with E-state index in [-0.39, 0.29) is 30.0 Å². The summed E-state index contributed by atoms with van der Waals surface area (Å²) in [5.74, 6) is -10.2. The van der Waals surface area contributed by atoms with Gasteiger partial charge in [-0.25, -0.2) is 15.1 Å². The highest BCUT2D eigenvalue weighted by Gasteiger charge is 2.64. The highest BCUT2D eigenvalue weighted by atomic mass is 16.7. The lowest BCUT2D eigenvalue weighted by molar-refractivity contribution is -0.154. The summed E-state index contributed by atoms with van der Waals surface area (Å²) in [5, 5.41) is 57.2. The number of hydrogen-bond donors (Lipinski definition) is 7. The Kier molecular flexibility index (Phi) is 8.62. The van der Waals surface area contributed by atoms with Crippen LogP contribution in [0.15, 0.2) is 95.5 Å². The number of nitrogens with two attached hydrogens (primary N) is 1. The lowest BCUT2D eigenvalue weighted by Crippen LogP contribution is -2.62. The number of nitrogens with zero attached hydrogens (tertiary/aromatic N) is 1.